The molecule has 1 aliphatic rings. The highest BCUT2D eigenvalue weighted by atomic mass is 32.2. The molecule has 1 aromatic rings. The Morgan fingerprint density at radius 2 is 2.06 bits per heavy atom. The van der Waals surface area contributed by atoms with Crippen LogP contribution >= 0.6 is 11.8 Å². The summed E-state index contributed by atoms with van der Waals surface area (Å²) < 4.78 is 0. The van der Waals surface area contributed by atoms with E-state index in [-0.39, 0.29) is 0 Å². The molecule has 0 bridgehead atoms. The first-order valence-corrected chi connectivity index (χ1v) is 7.27. The maximum atomic E-state index is 6.27. The molecule has 1 saturated heterocycles. The lowest BCUT2D eigenvalue weighted by Gasteiger charge is -2.30. The molecule has 0 amide bonds. The second-order valence-electron chi connectivity index (χ2n) is 4.92. The Bertz CT molecular complexity index is 348. The molecule has 2 rings (SSSR count). The number of thioether (sulfide) groups is 1. The van der Waals surface area contributed by atoms with Crippen molar-refractivity contribution in [2.24, 2.45) is 5.73 Å². The van der Waals surface area contributed by atoms with Crippen LogP contribution in [-0.2, 0) is 0 Å². The predicted octanol–water partition coefficient (Wildman–Crippen LogP) is 3.36. The van der Waals surface area contributed by atoms with Crippen molar-refractivity contribution in [1.29, 1.82) is 0 Å². The first-order valence-electron chi connectivity index (χ1n) is 6.12. The molecule has 1 aliphatic heterocycles. The first kappa shape index (κ1) is 12.0. The Labute approximate surface area is 103 Å². The van der Waals surface area contributed by atoms with Gasteiger partial charge >= 0.3 is 0 Å². The molecule has 1 heterocycles. The summed E-state index contributed by atoms with van der Waals surface area (Å²) in [6.45, 7) is 4.53. The summed E-state index contributed by atoms with van der Waals surface area (Å²) >= 11 is 2.04. The molecule has 2 N–H and O–H groups in total. The zero-order valence-electron chi connectivity index (χ0n) is 10.1. The van der Waals surface area contributed by atoms with Gasteiger partial charge < -0.3 is 5.73 Å². The summed E-state index contributed by atoms with van der Waals surface area (Å²) in [5.41, 5.74) is 9.23. The zero-order valence-corrected chi connectivity index (χ0v) is 11.0. The summed E-state index contributed by atoms with van der Waals surface area (Å²) in [7, 11) is 0. The van der Waals surface area contributed by atoms with Gasteiger partial charge in [0.2, 0.25) is 0 Å². The van der Waals surface area contributed by atoms with E-state index in [4.69, 9.17) is 5.73 Å². The maximum absolute atomic E-state index is 6.27. The molecule has 1 nitrogen and oxygen atoms in total. The Morgan fingerprint density at radius 3 is 2.75 bits per heavy atom. The van der Waals surface area contributed by atoms with E-state index in [9.17, 15) is 0 Å². The molecule has 0 aliphatic carbocycles. The monoisotopic (exact) mass is 235 g/mol. The SMILES string of the molecule is CC(C)c1ccccc1C1CSCCC1N. The third-order valence-electron chi connectivity index (χ3n) is 3.43. The average molecular weight is 235 g/mol. The Kier molecular flexibility index (Phi) is 3.93. The van der Waals surface area contributed by atoms with Gasteiger partial charge in [-0.3, -0.25) is 0 Å². The van der Waals surface area contributed by atoms with Gasteiger partial charge in [-0.05, 0) is 29.2 Å². The molecule has 2 heteroatoms. The minimum absolute atomic E-state index is 0.348. The summed E-state index contributed by atoms with van der Waals surface area (Å²) in [4.78, 5) is 0. The van der Waals surface area contributed by atoms with Gasteiger partial charge in [0, 0.05) is 17.7 Å². The van der Waals surface area contributed by atoms with Gasteiger partial charge in [0.1, 0.15) is 0 Å². The van der Waals surface area contributed by atoms with Crippen molar-refractivity contribution < 1.29 is 0 Å². The van der Waals surface area contributed by atoms with E-state index in [1.807, 2.05) is 11.8 Å². The quantitative estimate of drug-likeness (QED) is 0.850. The van der Waals surface area contributed by atoms with E-state index >= 15 is 0 Å². The van der Waals surface area contributed by atoms with Crippen LogP contribution in [0.4, 0.5) is 0 Å². The smallest absolute Gasteiger partial charge is 0.0124 e. The topological polar surface area (TPSA) is 26.0 Å². The van der Waals surface area contributed by atoms with Crippen molar-refractivity contribution in [3.8, 4) is 0 Å². The van der Waals surface area contributed by atoms with Crippen LogP contribution in [0.3, 0.4) is 0 Å². The normalized spacial score (nSPS) is 26.0. The number of benzene rings is 1. The van der Waals surface area contributed by atoms with Crippen LogP contribution in [0.15, 0.2) is 24.3 Å². The van der Waals surface area contributed by atoms with Crippen LogP contribution < -0.4 is 5.73 Å². The molecule has 2 unspecified atom stereocenters. The largest absolute Gasteiger partial charge is 0.327 e. The van der Waals surface area contributed by atoms with Crippen LogP contribution in [0, 0.1) is 0 Å². The van der Waals surface area contributed by atoms with Gasteiger partial charge in [0.25, 0.3) is 0 Å². The lowest BCUT2D eigenvalue weighted by atomic mass is 9.85. The van der Waals surface area contributed by atoms with Gasteiger partial charge in [-0.1, -0.05) is 38.1 Å². The van der Waals surface area contributed by atoms with Crippen molar-refractivity contribution >= 4 is 11.8 Å². The molecule has 2 atom stereocenters. The van der Waals surface area contributed by atoms with Gasteiger partial charge in [0.05, 0.1) is 0 Å². The molecular formula is C14H21NS. The highest BCUT2D eigenvalue weighted by Gasteiger charge is 2.25. The van der Waals surface area contributed by atoms with Gasteiger partial charge in [0.15, 0.2) is 0 Å². The van der Waals surface area contributed by atoms with Crippen molar-refractivity contribution in [3.63, 3.8) is 0 Å². The Balaban J connectivity index is 2.31. The third kappa shape index (κ3) is 2.44. The van der Waals surface area contributed by atoms with Crippen LogP contribution in [0.1, 0.15) is 43.2 Å². The fourth-order valence-electron chi connectivity index (χ4n) is 2.45. The van der Waals surface area contributed by atoms with E-state index in [1.165, 1.54) is 22.6 Å². The van der Waals surface area contributed by atoms with E-state index in [0.29, 0.717) is 17.9 Å². The molecule has 88 valence electrons. The van der Waals surface area contributed by atoms with E-state index in [1.54, 1.807) is 0 Å². The fourth-order valence-corrected chi connectivity index (χ4v) is 3.74. The number of rotatable bonds is 2. The maximum Gasteiger partial charge on any atom is 0.0124 e. The first-order chi connectivity index (χ1) is 7.70. The summed E-state index contributed by atoms with van der Waals surface area (Å²) in [6, 6.07) is 9.16. The fraction of sp³-hybridized carbons (Fsp3) is 0.571. The van der Waals surface area contributed by atoms with Gasteiger partial charge in [-0.15, -0.1) is 0 Å². The average Bonchev–Trinajstić information content (AvgIpc) is 2.29. The third-order valence-corrected chi connectivity index (χ3v) is 4.55. The van der Waals surface area contributed by atoms with E-state index in [0.717, 1.165) is 6.42 Å². The molecule has 1 fully saturated rings. The van der Waals surface area contributed by atoms with E-state index in [2.05, 4.69) is 38.1 Å². The molecular weight excluding hydrogens is 214 g/mol. The minimum atomic E-state index is 0.348. The molecule has 1 aromatic carbocycles. The zero-order chi connectivity index (χ0) is 11.5. The van der Waals surface area contributed by atoms with Crippen LogP contribution in [0.25, 0.3) is 0 Å². The second kappa shape index (κ2) is 5.24. The molecule has 16 heavy (non-hydrogen) atoms. The molecule has 0 aromatic heterocycles. The van der Waals surface area contributed by atoms with E-state index < -0.39 is 0 Å². The van der Waals surface area contributed by atoms with Crippen LogP contribution in [0.5, 0.6) is 0 Å². The number of hydrogen-bond donors (Lipinski definition) is 1. The lowest BCUT2D eigenvalue weighted by Crippen LogP contribution is -2.34. The second-order valence-corrected chi connectivity index (χ2v) is 6.07. The highest BCUT2D eigenvalue weighted by Crippen LogP contribution is 2.34. The summed E-state index contributed by atoms with van der Waals surface area (Å²) in [5, 5.41) is 0. The highest BCUT2D eigenvalue weighted by molar-refractivity contribution is 7.99. The standard InChI is InChI=1S/C14H21NS/c1-10(2)11-5-3-4-6-12(11)13-9-16-8-7-14(13)15/h3-6,10,13-14H,7-9,15H2,1-2H3. The molecule has 0 radical (unpaired) electrons. The Morgan fingerprint density at radius 1 is 1.31 bits per heavy atom. The van der Waals surface area contributed by atoms with Crippen molar-refractivity contribution in [3.05, 3.63) is 35.4 Å². The van der Waals surface area contributed by atoms with Crippen molar-refractivity contribution in [2.45, 2.75) is 38.1 Å². The van der Waals surface area contributed by atoms with Crippen LogP contribution in [-0.4, -0.2) is 17.5 Å². The molecule has 0 saturated carbocycles. The van der Waals surface area contributed by atoms with Gasteiger partial charge in [-0.2, -0.15) is 11.8 Å². The summed E-state index contributed by atoms with van der Waals surface area (Å²) in [5.74, 6) is 3.56. The predicted molar refractivity (Wildman–Crippen MR) is 73.2 cm³/mol. The summed E-state index contributed by atoms with van der Waals surface area (Å²) in [6.07, 6.45) is 1.15. The van der Waals surface area contributed by atoms with Gasteiger partial charge in [-0.25, -0.2) is 0 Å². The minimum Gasteiger partial charge on any atom is -0.327 e. The molecule has 0 spiro atoms. The lowest BCUT2D eigenvalue weighted by molar-refractivity contribution is 0.542. The van der Waals surface area contributed by atoms with Crippen molar-refractivity contribution in [1.82, 2.24) is 0 Å². The Hall–Kier alpha value is -0.470. The number of nitrogens with two attached hydrogens (primary N) is 1. The van der Waals surface area contributed by atoms with Crippen LogP contribution in [0.2, 0.25) is 0 Å². The van der Waals surface area contributed by atoms with Crippen molar-refractivity contribution in [2.75, 3.05) is 11.5 Å². The number of hydrogen-bond acceptors (Lipinski definition) is 2.